The largest absolute Gasteiger partial charge is 0.461 e. The minimum Gasteiger partial charge on any atom is -0.461 e. The van der Waals surface area contributed by atoms with Crippen LogP contribution in [0.1, 0.15) is 57.7 Å². The van der Waals surface area contributed by atoms with Gasteiger partial charge in [-0.05, 0) is 65.3 Å². The van der Waals surface area contributed by atoms with Crippen molar-refractivity contribution in [2.75, 3.05) is 18.9 Å². The molecule has 0 atom stereocenters. The molecule has 246 valence electrons. The molecule has 1 saturated heterocycles. The summed E-state index contributed by atoms with van der Waals surface area (Å²) in [6.45, 7) is 8.48. The maximum atomic E-state index is 15.6. The van der Waals surface area contributed by atoms with E-state index in [2.05, 4.69) is 20.4 Å². The number of fused-ring (bicyclic) bond motifs is 2. The van der Waals surface area contributed by atoms with Gasteiger partial charge in [-0.1, -0.05) is 32.9 Å². The molecule has 0 unspecified atom stereocenters. The first-order valence-corrected chi connectivity index (χ1v) is 15.9. The van der Waals surface area contributed by atoms with Crippen LogP contribution in [-0.2, 0) is 26.3 Å². The molecule has 0 aliphatic carbocycles. The summed E-state index contributed by atoms with van der Waals surface area (Å²) < 4.78 is 29.8. The third-order valence-electron chi connectivity index (χ3n) is 9.00. The lowest BCUT2D eigenvalue weighted by molar-refractivity contribution is -0.142. The van der Waals surface area contributed by atoms with Gasteiger partial charge >= 0.3 is 5.97 Å². The Kier molecular flexibility index (Phi) is 7.83. The second kappa shape index (κ2) is 12.0. The van der Waals surface area contributed by atoms with Crippen LogP contribution < -0.4 is 11.3 Å². The number of carbonyl (C=O) groups is 1. The molecule has 7 rings (SSSR count). The number of hydrogen-bond acceptors (Lipinski definition) is 8. The molecule has 11 nitrogen and oxygen atoms in total. The second-order valence-corrected chi connectivity index (χ2v) is 13.2. The molecule has 0 radical (unpaired) electrons. The van der Waals surface area contributed by atoms with Crippen molar-refractivity contribution in [1.29, 1.82) is 0 Å². The van der Waals surface area contributed by atoms with Gasteiger partial charge in [-0.25, -0.2) is 4.39 Å². The van der Waals surface area contributed by atoms with Crippen molar-refractivity contribution in [2.45, 2.75) is 58.6 Å². The molecule has 0 saturated carbocycles. The molecule has 3 N–H and O–H groups in total. The molecule has 1 fully saturated rings. The summed E-state index contributed by atoms with van der Waals surface area (Å²) in [5, 5.41) is 17.5. The van der Waals surface area contributed by atoms with E-state index in [0.717, 1.165) is 45.3 Å². The molecule has 3 aromatic heterocycles. The summed E-state index contributed by atoms with van der Waals surface area (Å²) in [5.74, 6) is -0.797. The quantitative estimate of drug-likeness (QED) is 0.202. The lowest BCUT2D eigenvalue weighted by atomic mass is 9.86. The van der Waals surface area contributed by atoms with Crippen LogP contribution in [0.4, 0.5) is 10.2 Å². The molecule has 1 aliphatic heterocycles. The van der Waals surface area contributed by atoms with Crippen LogP contribution in [0, 0.1) is 5.82 Å². The number of esters is 1. The Labute approximate surface area is 275 Å². The summed E-state index contributed by atoms with van der Waals surface area (Å²) in [7, 11) is 0. The van der Waals surface area contributed by atoms with Gasteiger partial charge in [0.25, 0.3) is 5.56 Å². The first kappa shape index (κ1) is 31.3. The standard InChI is InChI=1S/C36H36FN7O4/c1-20(45)48-19-29-26(6-5-7-31(29)44-35(46)32-22(16-40-44)12-24(15-30(32)37)36(2,3)4)21-13-27(33-28(14-21)34(38)42-41-33)23-17-39-43(18-23)25-8-10-47-11-9-25/h5-7,12-18,25H,8-11,19H2,1-4H3,(H3,38,41,42). The predicted octanol–water partition coefficient (Wildman–Crippen LogP) is 6.23. The van der Waals surface area contributed by atoms with Crippen LogP contribution in [0.5, 0.6) is 0 Å². The summed E-state index contributed by atoms with van der Waals surface area (Å²) in [4.78, 5) is 26.0. The van der Waals surface area contributed by atoms with Crippen LogP contribution in [0.15, 0.2) is 65.8 Å². The zero-order valence-electron chi connectivity index (χ0n) is 27.2. The van der Waals surface area contributed by atoms with Gasteiger partial charge in [-0.2, -0.15) is 20.0 Å². The number of benzene rings is 3. The average molecular weight is 650 g/mol. The van der Waals surface area contributed by atoms with Crippen molar-refractivity contribution in [3.05, 3.63) is 88.4 Å². The number of aromatic nitrogens is 6. The van der Waals surface area contributed by atoms with Crippen LogP contribution in [0.3, 0.4) is 0 Å². The molecule has 0 spiro atoms. The van der Waals surface area contributed by atoms with Gasteiger partial charge < -0.3 is 15.2 Å². The normalized spacial score (nSPS) is 14.2. The Hall–Kier alpha value is -5.36. The van der Waals surface area contributed by atoms with Crippen LogP contribution >= 0.6 is 0 Å². The number of rotatable bonds is 6. The fourth-order valence-electron chi connectivity index (χ4n) is 6.36. The summed E-state index contributed by atoms with van der Waals surface area (Å²) in [6, 6.07) is 12.7. The lowest BCUT2D eigenvalue weighted by Gasteiger charge is -2.22. The number of nitrogens with zero attached hydrogens (tertiary/aromatic N) is 5. The van der Waals surface area contributed by atoms with Crippen LogP contribution in [-0.4, -0.2) is 48.9 Å². The molecule has 0 bridgehead atoms. The predicted molar refractivity (Wildman–Crippen MR) is 181 cm³/mol. The monoisotopic (exact) mass is 649 g/mol. The number of anilines is 1. The Morgan fingerprint density at radius 1 is 1.08 bits per heavy atom. The lowest BCUT2D eigenvalue weighted by Crippen LogP contribution is -2.24. The Morgan fingerprint density at radius 3 is 2.62 bits per heavy atom. The zero-order chi connectivity index (χ0) is 33.7. The number of ether oxygens (including phenoxy) is 2. The van der Waals surface area contributed by atoms with E-state index >= 15 is 4.39 Å². The molecule has 6 aromatic rings. The van der Waals surface area contributed by atoms with E-state index in [0.29, 0.717) is 46.6 Å². The van der Waals surface area contributed by atoms with Crippen molar-refractivity contribution in [1.82, 2.24) is 29.8 Å². The van der Waals surface area contributed by atoms with Crippen LogP contribution in [0.25, 0.3) is 49.6 Å². The molecular weight excluding hydrogens is 613 g/mol. The third kappa shape index (κ3) is 5.62. The number of halogens is 1. The SMILES string of the molecule is CC(=O)OCc1c(-c2cc(-c3cnn(C4CCOCC4)c3)c3[nH]nc(N)c3c2)cccc1-n1ncc2cc(C(C)(C)C)cc(F)c2c1=O. The van der Waals surface area contributed by atoms with Gasteiger partial charge in [0, 0.05) is 53.8 Å². The number of nitrogens with one attached hydrogen (secondary N) is 1. The number of carbonyl (C=O) groups excluding carboxylic acids is 1. The number of hydrogen-bond donors (Lipinski definition) is 2. The first-order valence-electron chi connectivity index (χ1n) is 15.9. The van der Waals surface area contributed by atoms with Crippen molar-refractivity contribution in [2.24, 2.45) is 0 Å². The highest BCUT2D eigenvalue weighted by Gasteiger charge is 2.23. The smallest absolute Gasteiger partial charge is 0.302 e. The van der Waals surface area contributed by atoms with Crippen LogP contribution in [0.2, 0.25) is 0 Å². The highest BCUT2D eigenvalue weighted by atomic mass is 19.1. The van der Waals surface area contributed by atoms with E-state index < -0.39 is 17.3 Å². The van der Waals surface area contributed by atoms with E-state index in [1.807, 2.05) is 56.0 Å². The zero-order valence-corrected chi connectivity index (χ0v) is 27.2. The minimum absolute atomic E-state index is 0.0711. The van der Waals surface area contributed by atoms with Gasteiger partial charge in [0.05, 0.1) is 35.0 Å². The summed E-state index contributed by atoms with van der Waals surface area (Å²) in [5.41, 5.74) is 10.9. The second-order valence-electron chi connectivity index (χ2n) is 13.2. The number of H-pyrrole nitrogens is 1. The van der Waals surface area contributed by atoms with E-state index in [9.17, 15) is 9.59 Å². The highest BCUT2D eigenvalue weighted by Crippen LogP contribution is 2.38. The number of aromatic amines is 1. The van der Waals surface area contributed by atoms with Gasteiger partial charge in [0.1, 0.15) is 12.4 Å². The van der Waals surface area contributed by atoms with Gasteiger partial charge in [0.2, 0.25) is 0 Å². The first-order chi connectivity index (χ1) is 23.0. The molecule has 0 amide bonds. The van der Waals surface area contributed by atoms with Gasteiger partial charge in [0.15, 0.2) is 5.82 Å². The Balaban J connectivity index is 1.40. The third-order valence-corrected chi connectivity index (χ3v) is 9.00. The van der Waals surface area contributed by atoms with Gasteiger partial charge in [-0.15, -0.1) is 0 Å². The Morgan fingerprint density at radius 2 is 1.88 bits per heavy atom. The van der Waals surface area contributed by atoms with Gasteiger partial charge in [-0.3, -0.25) is 19.4 Å². The van der Waals surface area contributed by atoms with Crippen molar-refractivity contribution < 1.29 is 18.7 Å². The van der Waals surface area contributed by atoms with Crippen molar-refractivity contribution in [3.63, 3.8) is 0 Å². The number of nitrogens with two attached hydrogens (primary N) is 1. The topological polar surface area (TPSA) is 143 Å². The average Bonchev–Trinajstić information content (AvgIpc) is 3.70. The molecule has 12 heteroatoms. The fourth-order valence-corrected chi connectivity index (χ4v) is 6.36. The molecule has 4 heterocycles. The minimum atomic E-state index is -0.623. The van der Waals surface area contributed by atoms with Crippen molar-refractivity contribution >= 4 is 33.5 Å². The Bertz CT molecular complexity index is 2260. The fraction of sp³-hybridized carbons (Fsp3) is 0.306. The molecular formula is C36H36FN7O4. The van der Waals surface area contributed by atoms with Crippen molar-refractivity contribution in [3.8, 4) is 27.9 Å². The van der Waals surface area contributed by atoms with E-state index in [-0.39, 0.29) is 23.4 Å². The maximum Gasteiger partial charge on any atom is 0.302 e. The summed E-state index contributed by atoms with van der Waals surface area (Å²) >= 11 is 0. The van der Waals surface area contributed by atoms with E-state index in [1.165, 1.54) is 19.2 Å². The molecule has 1 aliphatic rings. The van der Waals surface area contributed by atoms with E-state index in [1.54, 1.807) is 18.2 Å². The van der Waals surface area contributed by atoms with E-state index in [4.69, 9.17) is 15.2 Å². The maximum absolute atomic E-state index is 15.6. The summed E-state index contributed by atoms with van der Waals surface area (Å²) in [6.07, 6.45) is 7.08. The molecule has 48 heavy (non-hydrogen) atoms. The highest BCUT2D eigenvalue weighted by molar-refractivity contribution is 6.02. The molecule has 3 aromatic carbocycles. The number of nitrogen functional groups attached to an aromatic ring is 1.